The minimum atomic E-state index is -0.794. The zero-order valence-corrected chi connectivity index (χ0v) is 38.4. The highest BCUT2D eigenvalue weighted by Crippen LogP contribution is 2.17. The van der Waals surface area contributed by atoms with Crippen molar-refractivity contribution in [2.24, 2.45) is 0 Å². The molecule has 58 heavy (non-hydrogen) atoms. The van der Waals surface area contributed by atoms with Crippen molar-refractivity contribution in [3.63, 3.8) is 0 Å². The van der Waals surface area contributed by atoms with E-state index in [1.54, 1.807) is 0 Å². The Morgan fingerprint density at radius 1 is 0.500 bits per heavy atom. The van der Waals surface area contributed by atoms with Gasteiger partial charge < -0.3 is 20.3 Å². The standard InChI is InChI=1S/C52H95NO5/c1-4-7-10-13-16-19-22-24-25-27-30-33-36-39-42-45-52(57)58-48(43-40-37-34-31-29-26-23-20-17-14-11-8-5-2)46-51(56)53-49(47-54)50(55)44-41-38-35-32-28-21-18-15-12-9-6-3/h16-17,19-20,22-24,26,48-50,54-55H,4-15,18,21,25,27-47H2,1-3H3,(H,53,56)/b19-16+,20-17+,24-22+,26-23+. The Morgan fingerprint density at radius 3 is 1.31 bits per heavy atom. The molecule has 0 saturated carbocycles. The number of ether oxygens (including phenoxy) is 1. The first-order valence-electron chi connectivity index (χ1n) is 24.9. The molecule has 0 aromatic rings. The fraction of sp³-hybridized carbons (Fsp3) is 0.808. The van der Waals surface area contributed by atoms with Crippen LogP contribution in [0.2, 0.25) is 0 Å². The summed E-state index contributed by atoms with van der Waals surface area (Å²) in [5.41, 5.74) is 0. The lowest BCUT2D eigenvalue weighted by Crippen LogP contribution is -2.46. The number of hydrogen-bond acceptors (Lipinski definition) is 5. The number of aliphatic hydroxyl groups is 2. The number of unbranched alkanes of at least 4 members (excludes halogenated alkanes) is 26. The minimum absolute atomic E-state index is 0.0594. The molecule has 0 spiro atoms. The average Bonchev–Trinajstić information content (AvgIpc) is 3.22. The molecule has 0 radical (unpaired) electrons. The Kier molecular flexibility index (Phi) is 44.2. The van der Waals surface area contributed by atoms with E-state index in [2.05, 4.69) is 74.7 Å². The highest BCUT2D eigenvalue weighted by atomic mass is 16.5. The second kappa shape index (κ2) is 45.9. The molecule has 6 nitrogen and oxygen atoms in total. The topological polar surface area (TPSA) is 95.9 Å². The van der Waals surface area contributed by atoms with Gasteiger partial charge in [0.15, 0.2) is 0 Å². The van der Waals surface area contributed by atoms with Gasteiger partial charge in [-0.1, -0.05) is 204 Å². The van der Waals surface area contributed by atoms with Gasteiger partial charge in [0.1, 0.15) is 6.10 Å². The summed E-state index contributed by atoms with van der Waals surface area (Å²) < 4.78 is 5.91. The maximum absolute atomic E-state index is 13.2. The molecule has 1 amide bonds. The van der Waals surface area contributed by atoms with E-state index in [4.69, 9.17) is 4.74 Å². The number of carbonyl (C=O) groups is 2. The van der Waals surface area contributed by atoms with Crippen LogP contribution >= 0.6 is 0 Å². The number of carbonyl (C=O) groups excluding carboxylic acids is 2. The molecule has 0 rings (SSSR count). The zero-order valence-electron chi connectivity index (χ0n) is 38.4. The number of hydrogen-bond donors (Lipinski definition) is 3. The molecule has 338 valence electrons. The van der Waals surface area contributed by atoms with Crippen LogP contribution in [-0.2, 0) is 14.3 Å². The van der Waals surface area contributed by atoms with Crippen LogP contribution in [0.15, 0.2) is 48.6 Å². The highest BCUT2D eigenvalue weighted by Gasteiger charge is 2.24. The first kappa shape index (κ1) is 55.8. The third kappa shape index (κ3) is 40.6. The Labute approximate surface area is 359 Å². The molecular formula is C52H95NO5. The molecule has 0 aliphatic rings. The fourth-order valence-electron chi connectivity index (χ4n) is 7.35. The van der Waals surface area contributed by atoms with Crippen LogP contribution in [-0.4, -0.2) is 46.9 Å². The summed E-state index contributed by atoms with van der Waals surface area (Å²) in [6.45, 7) is 6.41. The largest absolute Gasteiger partial charge is 0.462 e. The summed E-state index contributed by atoms with van der Waals surface area (Å²) in [5.74, 6) is -0.505. The second-order valence-corrected chi connectivity index (χ2v) is 16.9. The molecule has 3 atom stereocenters. The number of aliphatic hydroxyl groups excluding tert-OH is 2. The highest BCUT2D eigenvalue weighted by molar-refractivity contribution is 5.77. The van der Waals surface area contributed by atoms with Crippen LogP contribution in [0.25, 0.3) is 0 Å². The van der Waals surface area contributed by atoms with E-state index in [1.807, 2.05) is 0 Å². The lowest BCUT2D eigenvalue weighted by Gasteiger charge is -2.24. The van der Waals surface area contributed by atoms with E-state index < -0.39 is 18.2 Å². The van der Waals surface area contributed by atoms with Gasteiger partial charge in [0.2, 0.25) is 5.91 Å². The molecule has 0 saturated heterocycles. The van der Waals surface area contributed by atoms with Crippen LogP contribution in [0.5, 0.6) is 0 Å². The van der Waals surface area contributed by atoms with E-state index in [1.165, 1.54) is 116 Å². The monoisotopic (exact) mass is 814 g/mol. The Bertz CT molecular complexity index is 1000. The van der Waals surface area contributed by atoms with Gasteiger partial charge in [-0.05, 0) is 77.0 Å². The summed E-state index contributed by atoms with van der Waals surface area (Å²) in [6.07, 6.45) is 54.5. The summed E-state index contributed by atoms with van der Waals surface area (Å²) in [7, 11) is 0. The minimum Gasteiger partial charge on any atom is -0.462 e. The number of nitrogens with one attached hydrogen (secondary N) is 1. The van der Waals surface area contributed by atoms with Crippen molar-refractivity contribution in [2.45, 2.75) is 264 Å². The van der Waals surface area contributed by atoms with Crippen LogP contribution in [0.4, 0.5) is 0 Å². The second-order valence-electron chi connectivity index (χ2n) is 16.9. The van der Waals surface area contributed by atoms with Gasteiger partial charge in [-0.2, -0.15) is 0 Å². The van der Waals surface area contributed by atoms with E-state index in [0.717, 1.165) is 83.5 Å². The van der Waals surface area contributed by atoms with E-state index >= 15 is 0 Å². The van der Waals surface area contributed by atoms with Crippen LogP contribution in [0, 0.1) is 0 Å². The van der Waals surface area contributed by atoms with Gasteiger partial charge in [0.05, 0.1) is 25.2 Å². The van der Waals surface area contributed by atoms with Gasteiger partial charge in [0, 0.05) is 6.42 Å². The van der Waals surface area contributed by atoms with Crippen LogP contribution in [0.1, 0.15) is 245 Å². The molecule has 3 N–H and O–H groups in total. The van der Waals surface area contributed by atoms with E-state index in [9.17, 15) is 19.8 Å². The summed E-state index contributed by atoms with van der Waals surface area (Å²) in [4.78, 5) is 26.1. The third-order valence-electron chi connectivity index (χ3n) is 11.2. The summed E-state index contributed by atoms with van der Waals surface area (Å²) in [5, 5.41) is 23.7. The molecule has 0 aromatic carbocycles. The number of rotatable bonds is 44. The molecule has 0 fully saturated rings. The summed E-state index contributed by atoms with van der Waals surface area (Å²) in [6, 6.07) is -0.709. The molecule has 0 heterocycles. The maximum atomic E-state index is 13.2. The van der Waals surface area contributed by atoms with Crippen molar-refractivity contribution in [3.05, 3.63) is 48.6 Å². The molecular weight excluding hydrogens is 719 g/mol. The first-order chi connectivity index (χ1) is 28.5. The summed E-state index contributed by atoms with van der Waals surface area (Å²) >= 11 is 0. The van der Waals surface area contributed by atoms with Gasteiger partial charge in [-0.25, -0.2) is 0 Å². The number of amides is 1. The first-order valence-corrected chi connectivity index (χ1v) is 24.9. The smallest absolute Gasteiger partial charge is 0.306 e. The number of esters is 1. The molecule has 0 aliphatic carbocycles. The predicted octanol–water partition coefficient (Wildman–Crippen LogP) is 14.7. The van der Waals surface area contributed by atoms with Gasteiger partial charge >= 0.3 is 5.97 Å². The lowest BCUT2D eigenvalue weighted by molar-refractivity contribution is -0.151. The normalized spacial score (nSPS) is 13.7. The van der Waals surface area contributed by atoms with Crippen molar-refractivity contribution < 1.29 is 24.5 Å². The lowest BCUT2D eigenvalue weighted by atomic mass is 10.0. The van der Waals surface area contributed by atoms with Gasteiger partial charge in [0.25, 0.3) is 0 Å². The van der Waals surface area contributed by atoms with Gasteiger partial charge in [-0.15, -0.1) is 0 Å². The van der Waals surface area contributed by atoms with Crippen molar-refractivity contribution in [2.75, 3.05) is 6.61 Å². The van der Waals surface area contributed by atoms with Crippen LogP contribution in [0.3, 0.4) is 0 Å². The Morgan fingerprint density at radius 2 is 0.862 bits per heavy atom. The van der Waals surface area contributed by atoms with Crippen molar-refractivity contribution >= 4 is 11.9 Å². The average molecular weight is 814 g/mol. The third-order valence-corrected chi connectivity index (χ3v) is 11.2. The van der Waals surface area contributed by atoms with Crippen molar-refractivity contribution in [3.8, 4) is 0 Å². The van der Waals surface area contributed by atoms with Gasteiger partial charge in [-0.3, -0.25) is 9.59 Å². The van der Waals surface area contributed by atoms with E-state index in [0.29, 0.717) is 19.3 Å². The predicted molar refractivity (Wildman–Crippen MR) is 250 cm³/mol. The van der Waals surface area contributed by atoms with Crippen molar-refractivity contribution in [1.29, 1.82) is 0 Å². The molecule has 0 bridgehead atoms. The quantitative estimate of drug-likeness (QED) is 0.0323. The Hall–Kier alpha value is -2.18. The molecule has 0 aliphatic heterocycles. The maximum Gasteiger partial charge on any atom is 0.306 e. The fourth-order valence-corrected chi connectivity index (χ4v) is 7.35. The van der Waals surface area contributed by atoms with Crippen LogP contribution < -0.4 is 5.32 Å². The van der Waals surface area contributed by atoms with E-state index in [-0.39, 0.29) is 24.9 Å². The SMILES string of the molecule is CCCCC/C=C/C=C/CCCCCCCCC(=O)OC(CCCCCC/C=C/C=C/CCCCC)CC(=O)NC(CO)C(O)CCCCCCCCCCCCC. The zero-order chi connectivity index (χ0) is 42.4. The molecule has 3 unspecified atom stereocenters. The number of allylic oxidation sites excluding steroid dienone is 8. The van der Waals surface area contributed by atoms with Crippen molar-refractivity contribution in [1.82, 2.24) is 5.32 Å². The molecule has 0 aromatic heterocycles. The molecule has 6 heteroatoms. The Balaban J connectivity index is 4.63.